The summed E-state index contributed by atoms with van der Waals surface area (Å²) in [5.74, 6) is 0.253. The summed E-state index contributed by atoms with van der Waals surface area (Å²) in [5.41, 5.74) is 0. The quantitative estimate of drug-likeness (QED) is 0.765. The minimum Gasteiger partial charge on any atom is -0.377 e. The summed E-state index contributed by atoms with van der Waals surface area (Å²) < 4.78 is 5.61. The minimum absolute atomic E-state index is 0.243. The average Bonchev–Trinajstić information content (AvgIpc) is 2.30. The molecule has 0 radical (unpaired) electrons. The van der Waals surface area contributed by atoms with E-state index in [9.17, 15) is 4.79 Å². The normalized spacial score (nSPS) is 22.5. The molecule has 2 atom stereocenters. The number of piperidine rings is 1. The molecule has 0 bridgehead atoms. The summed E-state index contributed by atoms with van der Waals surface area (Å²) in [6.07, 6.45) is 2.98. The van der Waals surface area contributed by atoms with Gasteiger partial charge in [0.05, 0.1) is 6.10 Å². The van der Waals surface area contributed by atoms with E-state index < -0.39 is 0 Å². The third-order valence-corrected chi connectivity index (χ3v) is 3.17. The summed E-state index contributed by atoms with van der Waals surface area (Å²) in [7, 11) is 0. The van der Waals surface area contributed by atoms with Crippen LogP contribution in [0.1, 0.15) is 40.0 Å². The van der Waals surface area contributed by atoms with Gasteiger partial charge in [-0.3, -0.25) is 4.79 Å². The summed E-state index contributed by atoms with van der Waals surface area (Å²) in [6, 6.07) is 0.264. The van der Waals surface area contributed by atoms with Crippen molar-refractivity contribution in [1.29, 1.82) is 0 Å². The Morgan fingerprint density at radius 1 is 1.53 bits per heavy atom. The molecule has 1 aliphatic rings. The number of nitrogens with one attached hydrogen (secondary N) is 1. The van der Waals surface area contributed by atoms with Gasteiger partial charge in [-0.15, -0.1) is 0 Å². The van der Waals surface area contributed by atoms with Gasteiger partial charge in [-0.1, -0.05) is 6.92 Å². The Hall–Kier alpha value is -0.610. The molecule has 0 spiro atoms. The van der Waals surface area contributed by atoms with Crippen LogP contribution in [0.3, 0.4) is 0 Å². The number of carbonyl (C=O) groups excluding carboxylic acids is 1. The highest BCUT2D eigenvalue weighted by Gasteiger charge is 2.24. The average molecular weight is 242 g/mol. The van der Waals surface area contributed by atoms with E-state index in [1.54, 1.807) is 0 Å². The summed E-state index contributed by atoms with van der Waals surface area (Å²) in [4.78, 5) is 14.0. The zero-order valence-corrected chi connectivity index (χ0v) is 11.4. The predicted octanol–water partition coefficient (Wildman–Crippen LogP) is 1.40. The molecule has 1 amide bonds. The fourth-order valence-corrected chi connectivity index (χ4v) is 2.35. The highest BCUT2D eigenvalue weighted by atomic mass is 16.5. The zero-order chi connectivity index (χ0) is 12.7. The van der Waals surface area contributed by atoms with Crippen molar-refractivity contribution in [3.63, 3.8) is 0 Å². The van der Waals surface area contributed by atoms with E-state index in [4.69, 9.17) is 4.74 Å². The maximum atomic E-state index is 12.1. The Kier molecular flexibility index (Phi) is 6.52. The Balaban J connectivity index is 2.35. The van der Waals surface area contributed by atoms with E-state index in [-0.39, 0.29) is 18.1 Å². The largest absolute Gasteiger partial charge is 0.377 e. The van der Waals surface area contributed by atoms with Crippen LogP contribution in [-0.2, 0) is 9.53 Å². The van der Waals surface area contributed by atoms with Crippen LogP contribution in [0.4, 0.5) is 0 Å². The Morgan fingerprint density at radius 3 is 2.94 bits per heavy atom. The number of carbonyl (C=O) groups is 1. The van der Waals surface area contributed by atoms with Crippen LogP contribution in [0.5, 0.6) is 0 Å². The van der Waals surface area contributed by atoms with Crippen molar-refractivity contribution in [3.05, 3.63) is 0 Å². The highest BCUT2D eigenvalue weighted by molar-refractivity contribution is 5.76. The molecule has 0 aromatic heterocycles. The maximum absolute atomic E-state index is 12.1. The molecular formula is C13H26N2O2. The second kappa shape index (κ2) is 7.67. The molecule has 1 heterocycles. The first-order valence-electron chi connectivity index (χ1n) is 6.80. The number of ether oxygens (including phenoxy) is 1. The summed E-state index contributed by atoms with van der Waals surface area (Å²) in [6.45, 7) is 9.44. The van der Waals surface area contributed by atoms with Crippen molar-refractivity contribution in [2.45, 2.75) is 52.2 Å². The van der Waals surface area contributed by atoms with E-state index in [1.165, 1.54) is 0 Å². The predicted molar refractivity (Wildman–Crippen MR) is 69.0 cm³/mol. The van der Waals surface area contributed by atoms with Gasteiger partial charge in [0, 0.05) is 32.2 Å². The van der Waals surface area contributed by atoms with Gasteiger partial charge in [0.15, 0.2) is 0 Å². The molecule has 0 aromatic carbocycles. The second-order valence-corrected chi connectivity index (χ2v) is 4.72. The molecule has 1 fully saturated rings. The number of hydrogen-bond acceptors (Lipinski definition) is 3. The van der Waals surface area contributed by atoms with Gasteiger partial charge in [0.1, 0.15) is 0 Å². The van der Waals surface area contributed by atoms with Gasteiger partial charge in [-0.25, -0.2) is 0 Å². The molecule has 4 nitrogen and oxygen atoms in total. The molecule has 1 saturated heterocycles. The van der Waals surface area contributed by atoms with Crippen LogP contribution in [0.25, 0.3) is 0 Å². The molecule has 2 unspecified atom stereocenters. The SMILES string of the molecule is CCNC(C)CC(=O)N1CCCC(OCC)C1. The minimum atomic E-state index is 0.243. The van der Waals surface area contributed by atoms with E-state index in [0.717, 1.165) is 39.1 Å². The number of nitrogens with zero attached hydrogens (tertiary/aromatic N) is 1. The number of amides is 1. The van der Waals surface area contributed by atoms with Crippen LogP contribution < -0.4 is 5.32 Å². The Bertz CT molecular complexity index is 231. The first-order chi connectivity index (χ1) is 8.17. The molecule has 0 aromatic rings. The van der Waals surface area contributed by atoms with Crippen LogP contribution >= 0.6 is 0 Å². The monoisotopic (exact) mass is 242 g/mol. The first-order valence-corrected chi connectivity index (χ1v) is 6.80. The number of rotatable bonds is 6. The lowest BCUT2D eigenvalue weighted by Gasteiger charge is -2.33. The van der Waals surface area contributed by atoms with E-state index >= 15 is 0 Å². The Labute approximate surface area is 105 Å². The molecular weight excluding hydrogens is 216 g/mol. The lowest BCUT2D eigenvalue weighted by molar-refractivity contribution is -0.135. The van der Waals surface area contributed by atoms with Crippen molar-refractivity contribution < 1.29 is 9.53 Å². The van der Waals surface area contributed by atoms with Crippen LogP contribution in [0.15, 0.2) is 0 Å². The van der Waals surface area contributed by atoms with E-state index in [2.05, 4.69) is 19.2 Å². The topological polar surface area (TPSA) is 41.6 Å². The standard InChI is InChI=1S/C13H26N2O2/c1-4-14-11(3)9-13(16)15-8-6-7-12(10-15)17-5-2/h11-12,14H,4-10H2,1-3H3. The van der Waals surface area contributed by atoms with E-state index in [0.29, 0.717) is 6.42 Å². The smallest absolute Gasteiger partial charge is 0.224 e. The molecule has 4 heteroatoms. The van der Waals surface area contributed by atoms with Crippen molar-refractivity contribution in [2.24, 2.45) is 0 Å². The van der Waals surface area contributed by atoms with Crippen molar-refractivity contribution in [3.8, 4) is 0 Å². The third kappa shape index (κ3) is 5.04. The fourth-order valence-electron chi connectivity index (χ4n) is 2.35. The lowest BCUT2D eigenvalue weighted by Crippen LogP contribution is -2.45. The van der Waals surface area contributed by atoms with Gasteiger partial charge in [0.25, 0.3) is 0 Å². The first kappa shape index (κ1) is 14.5. The molecule has 100 valence electrons. The van der Waals surface area contributed by atoms with Crippen molar-refractivity contribution >= 4 is 5.91 Å². The Morgan fingerprint density at radius 2 is 2.29 bits per heavy atom. The zero-order valence-electron chi connectivity index (χ0n) is 11.4. The van der Waals surface area contributed by atoms with Gasteiger partial charge >= 0.3 is 0 Å². The highest BCUT2D eigenvalue weighted by Crippen LogP contribution is 2.14. The lowest BCUT2D eigenvalue weighted by atomic mass is 10.1. The number of likely N-dealkylation sites (tertiary alicyclic amines) is 1. The van der Waals surface area contributed by atoms with Gasteiger partial charge in [-0.05, 0) is 33.2 Å². The molecule has 1 N–H and O–H groups in total. The van der Waals surface area contributed by atoms with Gasteiger partial charge in [0.2, 0.25) is 5.91 Å². The number of hydrogen-bond donors (Lipinski definition) is 1. The fraction of sp³-hybridized carbons (Fsp3) is 0.923. The molecule has 1 aliphatic heterocycles. The maximum Gasteiger partial charge on any atom is 0.224 e. The molecule has 0 aliphatic carbocycles. The molecule has 1 rings (SSSR count). The van der Waals surface area contributed by atoms with Crippen molar-refractivity contribution in [2.75, 3.05) is 26.2 Å². The van der Waals surface area contributed by atoms with Gasteiger partial charge < -0.3 is 15.0 Å². The van der Waals surface area contributed by atoms with Gasteiger partial charge in [-0.2, -0.15) is 0 Å². The molecule has 0 saturated carbocycles. The van der Waals surface area contributed by atoms with Crippen LogP contribution in [0.2, 0.25) is 0 Å². The van der Waals surface area contributed by atoms with Crippen LogP contribution in [0, 0.1) is 0 Å². The third-order valence-electron chi connectivity index (χ3n) is 3.17. The second-order valence-electron chi connectivity index (χ2n) is 4.72. The summed E-state index contributed by atoms with van der Waals surface area (Å²) >= 11 is 0. The molecule has 17 heavy (non-hydrogen) atoms. The van der Waals surface area contributed by atoms with E-state index in [1.807, 2.05) is 11.8 Å². The summed E-state index contributed by atoms with van der Waals surface area (Å²) in [5, 5.41) is 3.27. The van der Waals surface area contributed by atoms with Crippen LogP contribution in [-0.4, -0.2) is 49.2 Å². The van der Waals surface area contributed by atoms with Crippen molar-refractivity contribution in [1.82, 2.24) is 10.2 Å².